The van der Waals surface area contributed by atoms with Crippen molar-refractivity contribution in [1.82, 2.24) is 4.90 Å². The van der Waals surface area contributed by atoms with Gasteiger partial charge in [-0.2, -0.15) is 5.10 Å². The van der Waals surface area contributed by atoms with Crippen LogP contribution in [0.3, 0.4) is 0 Å². The van der Waals surface area contributed by atoms with Crippen LogP contribution in [0.5, 0.6) is 0 Å². The van der Waals surface area contributed by atoms with E-state index in [2.05, 4.69) is 0 Å². The number of para-hydroxylation sites is 1. The lowest BCUT2D eigenvalue weighted by molar-refractivity contribution is -0.130. The van der Waals surface area contributed by atoms with Gasteiger partial charge in [-0.05, 0) is 24.6 Å². The highest BCUT2D eigenvalue weighted by Gasteiger charge is 2.45. The molecule has 2 heterocycles. The molecular formula is C20H19N3O3. The smallest absolute Gasteiger partial charge is 0.416 e. The van der Waals surface area contributed by atoms with Gasteiger partial charge in [0.25, 0.3) is 0 Å². The number of amides is 2. The molecule has 0 saturated carbocycles. The van der Waals surface area contributed by atoms with Crippen molar-refractivity contribution in [1.29, 1.82) is 0 Å². The van der Waals surface area contributed by atoms with Gasteiger partial charge in [-0.1, -0.05) is 48.5 Å². The number of carbonyl (C=O) groups excluding carboxylic acids is 2. The van der Waals surface area contributed by atoms with Crippen LogP contribution in [0, 0.1) is 5.92 Å². The number of carbonyl (C=O) groups is 2. The summed E-state index contributed by atoms with van der Waals surface area (Å²) in [6, 6.07) is 19.1. The van der Waals surface area contributed by atoms with E-state index in [1.807, 2.05) is 72.6 Å². The van der Waals surface area contributed by atoms with Crippen molar-refractivity contribution >= 4 is 23.4 Å². The van der Waals surface area contributed by atoms with Crippen molar-refractivity contribution in [2.45, 2.75) is 13.0 Å². The Balaban J connectivity index is 1.74. The summed E-state index contributed by atoms with van der Waals surface area (Å²) in [6.07, 6.45) is -0.576. The maximum Gasteiger partial charge on any atom is 0.416 e. The van der Waals surface area contributed by atoms with E-state index in [1.165, 1.54) is 4.90 Å². The average Bonchev–Trinajstić information content (AvgIpc) is 3.26. The normalized spacial score (nSPS) is 22.3. The second-order valence-corrected chi connectivity index (χ2v) is 6.35. The van der Waals surface area contributed by atoms with Crippen LogP contribution in [-0.4, -0.2) is 41.8 Å². The predicted molar refractivity (Wildman–Crippen MR) is 97.9 cm³/mol. The van der Waals surface area contributed by atoms with Crippen molar-refractivity contribution < 1.29 is 14.3 Å². The van der Waals surface area contributed by atoms with Crippen LogP contribution in [0.4, 0.5) is 10.5 Å². The van der Waals surface area contributed by atoms with Gasteiger partial charge in [0, 0.05) is 0 Å². The molecule has 6 nitrogen and oxygen atoms in total. The largest absolute Gasteiger partial charge is 0.447 e. The number of cyclic esters (lactones) is 1. The maximum absolute atomic E-state index is 13.1. The molecule has 26 heavy (non-hydrogen) atoms. The van der Waals surface area contributed by atoms with E-state index in [0.717, 1.165) is 11.3 Å². The summed E-state index contributed by atoms with van der Waals surface area (Å²) in [6.45, 7) is 2.48. The molecule has 2 aromatic carbocycles. The van der Waals surface area contributed by atoms with Crippen molar-refractivity contribution in [2.75, 3.05) is 18.2 Å². The molecule has 0 aromatic heterocycles. The summed E-state index contributed by atoms with van der Waals surface area (Å²) in [7, 11) is 0. The summed E-state index contributed by atoms with van der Waals surface area (Å²) in [4.78, 5) is 26.2. The Hall–Kier alpha value is -3.15. The molecule has 0 N–H and O–H groups in total. The summed E-state index contributed by atoms with van der Waals surface area (Å²) in [5.41, 5.74) is 2.46. The van der Waals surface area contributed by atoms with Crippen LogP contribution < -0.4 is 5.01 Å². The molecule has 2 aromatic rings. The van der Waals surface area contributed by atoms with Gasteiger partial charge in [0.05, 0.1) is 24.0 Å². The number of nitrogens with zero attached hydrogens (tertiary/aromatic N) is 3. The lowest BCUT2D eigenvalue weighted by Crippen LogP contribution is -2.45. The standard InChI is InChI=1S/C20H19N3O3/c1-14-17(19(24)22-12-13-26-20(22)25)18(15-8-4-2-5-9-15)21-23(14)16-10-6-3-7-11-16/h2-11,14,17H,12-13H2,1H3/t14-,17-/m0/s1. The van der Waals surface area contributed by atoms with Gasteiger partial charge < -0.3 is 4.74 Å². The van der Waals surface area contributed by atoms with Gasteiger partial charge in [0.15, 0.2) is 0 Å². The van der Waals surface area contributed by atoms with Crippen LogP contribution in [-0.2, 0) is 9.53 Å². The number of rotatable bonds is 3. The Kier molecular flexibility index (Phi) is 4.16. The number of benzene rings is 2. The zero-order valence-electron chi connectivity index (χ0n) is 14.4. The molecule has 1 saturated heterocycles. The van der Waals surface area contributed by atoms with Crippen molar-refractivity contribution in [3.8, 4) is 0 Å². The molecule has 0 radical (unpaired) electrons. The minimum Gasteiger partial charge on any atom is -0.447 e. The van der Waals surface area contributed by atoms with Crippen LogP contribution in [0.2, 0.25) is 0 Å². The Labute approximate surface area is 151 Å². The maximum atomic E-state index is 13.1. The Bertz CT molecular complexity index is 851. The summed E-state index contributed by atoms with van der Waals surface area (Å²) < 4.78 is 4.95. The SMILES string of the molecule is C[C@H]1[C@H](C(=O)N2CCOC2=O)C(c2ccccc2)=NN1c1ccccc1. The lowest BCUT2D eigenvalue weighted by Gasteiger charge is -2.25. The number of hydrogen-bond acceptors (Lipinski definition) is 5. The van der Waals surface area contributed by atoms with Crippen LogP contribution in [0.1, 0.15) is 12.5 Å². The van der Waals surface area contributed by atoms with E-state index in [-0.39, 0.29) is 25.1 Å². The zero-order valence-corrected chi connectivity index (χ0v) is 14.4. The Morgan fingerprint density at radius 2 is 1.73 bits per heavy atom. The fraction of sp³-hybridized carbons (Fsp3) is 0.250. The third kappa shape index (κ3) is 2.73. The molecular weight excluding hydrogens is 330 g/mol. The topological polar surface area (TPSA) is 62.2 Å². The molecule has 2 amide bonds. The van der Waals surface area contributed by atoms with E-state index >= 15 is 0 Å². The molecule has 2 aliphatic rings. The van der Waals surface area contributed by atoms with Gasteiger partial charge in [0.2, 0.25) is 5.91 Å². The minimum atomic E-state index is -0.576. The molecule has 0 bridgehead atoms. The summed E-state index contributed by atoms with van der Waals surface area (Å²) >= 11 is 0. The molecule has 0 unspecified atom stereocenters. The fourth-order valence-electron chi connectivity index (χ4n) is 3.44. The highest BCUT2D eigenvalue weighted by atomic mass is 16.6. The van der Waals surface area contributed by atoms with E-state index in [1.54, 1.807) is 0 Å². The van der Waals surface area contributed by atoms with Crippen LogP contribution in [0.15, 0.2) is 65.8 Å². The van der Waals surface area contributed by atoms with E-state index < -0.39 is 12.0 Å². The Morgan fingerprint density at radius 1 is 1.08 bits per heavy atom. The monoisotopic (exact) mass is 349 g/mol. The number of hydrogen-bond donors (Lipinski definition) is 0. The van der Waals surface area contributed by atoms with Gasteiger partial charge in [-0.3, -0.25) is 9.80 Å². The average molecular weight is 349 g/mol. The van der Waals surface area contributed by atoms with Gasteiger partial charge in [-0.15, -0.1) is 0 Å². The summed E-state index contributed by atoms with van der Waals surface area (Å²) in [5, 5.41) is 6.61. The molecule has 4 rings (SSSR count). The predicted octanol–water partition coefficient (Wildman–Crippen LogP) is 2.89. The first-order valence-corrected chi connectivity index (χ1v) is 8.63. The second-order valence-electron chi connectivity index (χ2n) is 6.35. The molecule has 1 fully saturated rings. The van der Waals surface area contributed by atoms with Gasteiger partial charge in [-0.25, -0.2) is 9.69 Å². The lowest BCUT2D eigenvalue weighted by atomic mass is 9.90. The molecule has 0 aliphatic carbocycles. The first kappa shape index (κ1) is 16.3. The van der Waals surface area contributed by atoms with Gasteiger partial charge in [0.1, 0.15) is 12.5 Å². The number of ether oxygens (including phenoxy) is 1. The molecule has 2 atom stereocenters. The molecule has 132 valence electrons. The third-order valence-corrected chi connectivity index (χ3v) is 4.76. The minimum absolute atomic E-state index is 0.214. The van der Waals surface area contributed by atoms with E-state index in [4.69, 9.17) is 9.84 Å². The van der Waals surface area contributed by atoms with Crippen molar-refractivity contribution in [3.63, 3.8) is 0 Å². The number of hydrazone groups is 1. The second kappa shape index (κ2) is 6.63. The number of imide groups is 1. The first-order valence-electron chi connectivity index (χ1n) is 8.63. The highest BCUT2D eigenvalue weighted by Crippen LogP contribution is 2.32. The van der Waals surface area contributed by atoms with Crippen molar-refractivity contribution in [3.05, 3.63) is 66.2 Å². The van der Waals surface area contributed by atoms with Gasteiger partial charge >= 0.3 is 6.09 Å². The molecule has 2 aliphatic heterocycles. The Morgan fingerprint density at radius 3 is 2.35 bits per heavy atom. The quantitative estimate of drug-likeness (QED) is 0.855. The highest BCUT2D eigenvalue weighted by molar-refractivity contribution is 6.17. The van der Waals surface area contributed by atoms with E-state index in [0.29, 0.717) is 5.71 Å². The molecule has 0 spiro atoms. The van der Waals surface area contributed by atoms with E-state index in [9.17, 15) is 9.59 Å². The fourth-order valence-corrected chi connectivity index (χ4v) is 3.44. The summed E-state index contributed by atoms with van der Waals surface area (Å²) in [5.74, 6) is -0.802. The van der Waals surface area contributed by atoms with Crippen LogP contribution in [0.25, 0.3) is 0 Å². The molecule has 6 heteroatoms. The number of anilines is 1. The third-order valence-electron chi connectivity index (χ3n) is 4.76. The first-order chi connectivity index (χ1) is 12.7. The van der Waals surface area contributed by atoms with Crippen LogP contribution >= 0.6 is 0 Å². The van der Waals surface area contributed by atoms with Crippen molar-refractivity contribution in [2.24, 2.45) is 11.0 Å². The zero-order chi connectivity index (χ0) is 18.1.